The fraction of sp³-hybridized carbons (Fsp3) is 0.419. The Morgan fingerprint density at radius 2 is 1.74 bits per heavy atom. The van der Waals surface area contributed by atoms with Gasteiger partial charge in [-0.2, -0.15) is 0 Å². The van der Waals surface area contributed by atoms with E-state index in [2.05, 4.69) is 4.57 Å². The maximum absolute atomic E-state index is 14.0. The maximum Gasteiger partial charge on any atom is 0.254 e. The minimum atomic E-state index is -0.262. The molecule has 0 saturated heterocycles. The predicted octanol–water partition coefficient (Wildman–Crippen LogP) is 7.58. The van der Waals surface area contributed by atoms with Gasteiger partial charge >= 0.3 is 0 Å². The number of nitrogens with zero attached hydrogens (tertiary/aromatic N) is 3. The average Bonchev–Trinajstić information content (AvgIpc) is 3.39. The van der Waals surface area contributed by atoms with Gasteiger partial charge in [0, 0.05) is 36.1 Å². The third kappa shape index (κ3) is 7.43. The lowest BCUT2D eigenvalue weighted by molar-refractivity contribution is -0.136. The Morgan fingerprint density at radius 3 is 2.41 bits per heavy atom. The summed E-state index contributed by atoms with van der Waals surface area (Å²) in [4.78, 5) is 31.2. The molecule has 1 fully saturated rings. The summed E-state index contributed by atoms with van der Waals surface area (Å²) in [6.45, 7) is 4.99. The van der Waals surface area contributed by atoms with Crippen LogP contribution in [0.5, 0.6) is 0 Å². The number of hydrogen-bond donors (Lipinski definition) is 0. The largest absolute Gasteiger partial charge is 0.345 e. The van der Waals surface area contributed by atoms with Crippen molar-refractivity contribution in [3.8, 4) is 0 Å². The molecule has 1 aliphatic carbocycles. The van der Waals surface area contributed by atoms with Gasteiger partial charge in [0.15, 0.2) is 0 Å². The predicted molar refractivity (Wildman–Crippen MR) is 155 cm³/mol. The molecule has 0 aliphatic heterocycles. The molecule has 8 heteroatoms. The van der Waals surface area contributed by atoms with Crippen molar-refractivity contribution >= 4 is 35.0 Å². The molecular weight excluding hydrogens is 536 g/mol. The molecule has 2 amide bonds. The number of hydrogen-bond acceptors (Lipinski definition) is 2. The number of rotatable bonds is 10. The van der Waals surface area contributed by atoms with Crippen LogP contribution in [-0.2, 0) is 17.9 Å². The van der Waals surface area contributed by atoms with Crippen LogP contribution in [0.25, 0.3) is 0 Å². The lowest BCUT2D eigenvalue weighted by Gasteiger charge is -2.37. The number of carbonyl (C=O) groups excluding carboxylic acids is 2. The molecule has 0 bridgehead atoms. The monoisotopic (exact) mass is 571 g/mol. The van der Waals surface area contributed by atoms with E-state index >= 15 is 0 Å². The lowest BCUT2D eigenvalue weighted by atomic mass is 9.94. The first-order valence-electron chi connectivity index (χ1n) is 13.7. The van der Waals surface area contributed by atoms with Gasteiger partial charge in [0.05, 0.1) is 16.6 Å². The van der Waals surface area contributed by atoms with Crippen molar-refractivity contribution in [2.75, 3.05) is 6.54 Å². The fourth-order valence-electron chi connectivity index (χ4n) is 5.20. The van der Waals surface area contributed by atoms with Gasteiger partial charge in [-0.05, 0) is 74.2 Å². The lowest BCUT2D eigenvalue weighted by Crippen LogP contribution is -2.49. The molecule has 208 valence electrons. The van der Waals surface area contributed by atoms with E-state index in [4.69, 9.17) is 23.2 Å². The normalized spacial score (nSPS) is 14.7. The minimum Gasteiger partial charge on any atom is -0.345 e. The highest BCUT2D eigenvalue weighted by Crippen LogP contribution is 2.27. The van der Waals surface area contributed by atoms with Gasteiger partial charge < -0.3 is 14.4 Å². The van der Waals surface area contributed by atoms with Gasteiger partial charge in [0.25, 0.3) is 5.91 Å². The van der Waals surface area contributed by atoms with E-state index in [1.165, 1.54) is 18.6 Å². The van der Waals surface area contributed by atoms with E-state index in [9.17, 15) is 14.0 Å². The van der Waals surface area contributed by atoms with Crippen LogP contribution in [0.3, 0.4) is 0 Å². The molecule has 1 heterocycles. The van der Waals surface area contributed by atoms with Gasteiger partial charge in [-0.3, -0.25) is 9.59 Å². The summed E-state index contributed by atoms with van der Waals surface area (Å²) in [6.07, 6.45) is 7.95. The second-order valence-electron chi connectivity index (χ2n) is 10.4. The highest BCUT2D eigenvalue weighted by Gasteiger charge is 2.30. The quantitative estimate of drug-likeness (QED) is 0.251. The van der Waals surface area contributed by atoms with Crippen molar-refractivity contribution in [1.82, 2.24) is 14.4 Å². The summed E-state index contributed by atoms with van der Waals surface area (Å²) >= 11 is 12.3. The topological polar surface area (TPSA) is 45.6 Å². The van der Waals surface area contributed by atoms with E-state index in [0.29, 0.717) is 35.1 Å². The van der Waals surface area contributed by atoms with Crippen LogP contribution >= 0.6 is 23.2 Å². The zero-order valence-corrected chi connectivity index (χ0v) is 24.1. The highest BCUT2D eigenvalue weighted by molar-refractivity contribution is 6.42. The first-order chi connectivity index (χ1) is 18.8. The summed E-state index contributed by atoms with van der Waals surface area (Å²) in [5, 5.41) is 0.690. The Labute approximate surface area is 240 Å². The molecule has 1 unspecified atom stereocenters. The molecule has 1 aliphatic rings. The van der Waals surface area contributed by atoms with Crippen molar-refractivity contribution < 1.29 is 14.0 Å². The summed E-state index contributed by atoms with van der Waals surface area (Å²) in [7, 11) is 0. The molecule has 5 nitrogen and oxygen atoms in total. The van der Waals surface area contributed by atoms with Crippen LogP contribution in [0.1, 0.15) is 74.0 Å². The van der Waals surface area contributed by atoms with E-state index in [1.807, 2.05) is 37.1 Å². The summed E-state index contributed by atoms with van der Waals surface area (Å²) in [5.74, 6) is -0.563. The van der Waals surface area contributed by atoms with Gasteiger partial charge in [-0.15, -0.1) is 0 Å². The van der Waals surface area contributed by atoms with Crippen LogP contribution in [0.4, 0.5) is 4.39 Å². The molecule has 2 aromatic carbocycles. The molecule has 39 heavy (non-hydrogen) atoms. The molecule has 0 spiro atoms. The molecule has 1 saturated carbocycles. The zero-order chi connectivity index (χ0) is 27.9. The minimum absolute atomic E-state index is 0.0107. The van der Waals surface area contributed by atoms with Gasteiger partial charge in [-0.25, -0.2) is 4.39 Å². The third-order valence-corrected chi connectivity index (χ3v) is 8.45. The smallest absolute Gasteiger partial charge is 0.254 e. The maximum atomic E-state index is 14.0. The van der Waals surface area contributed by atoms with E-state index in [-0.39, 0.29) is 36.3 Å². The van der Waals surface area contributed by atoms with Crippen LogP contribution in [0.2, 0.25) is 10.0 Å². The van der Waals surface area contributed by atoms with Crippen LogP contribution < -0.4 is 0 Å². The van der Waals surface area contributed by atoms with E-state index < -0.39 is 0 Å². The number of halogens is 3. The Bertz CT molecular complexity index is 1270. The van der Waals surface area contributed by atoms with Crippen molar-refractivity contribution in [3.05, 3.63) is 93.5 Å². The van der Waals surface area contributed by atoms with Crippen LogP contribution in [0.15, 0.2) is 60.8 Å². The molecule has 0 N–H and O–H groups in total. The van der Waals surface area contributed by atoms with E-state index in [1.54, 1.807) is 35.2 Å². The number of benzene rings is 2. The Morgan fingerprint density at radius 1 is 1.03 bits per heavy atom. The van der Waals surface area contributed by atoms with Crippen LogP contribution in [0, 0.1) is 5.82 Å². The zero-order valence-electron chi connectivity index (χ0n) is 22.6. The summed E-state index contributed by atoms with van der Waals surface area (Å²) in [6, 6.07) is 15.3. The molecular formula is C31H36Cl2FN3O2. The Kier molecular flexibility index (Phi) is 10.1. The van der Waals surface area contributed by atoms with Crippen molar-refractivity contribution in [1.29, 1.82) is 0 Å². The third-order valence-electron chi connectivity index (χ3n) is 7.71. The molecule has 4 rings (SSSR count). The number of carbonyl (C=O) groups is 2. The Hall–Kier alpha value is -2.83. The molecule has 0 radical (unpaired) electrons. The fourth-order valence-corrected chi connectivity index (χ4v) is 5.50. The van der Waals surface area contributed by atoms with Gasteiger partial charge in [0.1, 0.15) is 12.4 Å². The van der Waals surface area contributed by atoms with Crippen molar-refractivity contribution in [3.63, 3.8) is 0 Å². The summed E-state index contributed by atoms with van der Waals surface area (Å²) in [5.41, 5.74) is 2.40. The van der Waals surface area contributed by atoms with Gasteiger partial charge in [0.2, 0.25) is 5.91 Å². The molecule has 3 aromatic rings. The van der Waals surface area contributed by atoms with Crippen LogP contribution in [-0.4, -0.2) is 44.8 Å². The standard InChI is InChI=1S/C31H36Cl2FN3O2/c1-3-22(2)36(31(39)24-13-16-28(32)29(33)18-24)21-30(38)37(26-8-5-4-6-9-26)20-27-10-7-17-35(27)19-23-11-14-25(34)15-12-23/h7,10-18,22,26H,3-6,8-9,19-21H2,1-2H3. The number of amides is 2. The highest BCUT2D eigenvalue weighted by atomic mass is 35.5. The number of aromatic nitrogens is 1. The van der Waals surface area contributed by atoms with Crippen molar-refractivity contribution in [2.45, 2.75) is 77.5 Å². The second kappa shape index (κ2) is 13.5. The SMILES string of the molecule is CCC(C)N(CC(=O)N(Cc1cccn1Cc1ccc(F)cc1)C1CCCCC1)C(=O)c1ccc(Cl)c(Cl)c1. The molecule has 1 aromatic heterocycles. The van der Waals surface area contributed by atoms with E-state index in [0.717, 1.165) is 36.9 Å². The first-order valence-corrected chi connectivity index (χ1v) is 14.5. The van der Waals surface area contributed by atoms with Crippen molar-refractivity contribution in [2.24, 2.45) is 0 Å². The average molecular weight is 573 g/mol. The summed E-state index contributed by atoms with van der Waals surface area (Å²) < 4.78 is 15.5. The Balaban J connectivity index is 1.57. The first kappa shape index (κ1) is 29.2. The van der Waals surface area contributed by atoms with Gasteiger partial charge in [-0.1, -0.05) is 61.5 Å². The second-order valence-corrected chi connectivity index (χ2v) is 11.2. The molecule has 1 atom stereocenters.